The summed E-state index contributed by atoms with van der Waals surface area (Å²) in [7, 11) is -4.16. The summed E-state index contributed by atoms with van der Waals surface area (Å²) in [5.74, 6) is 3.15. The molecule has 200 valence electrons. The van der Waals surface area contributed by atoms with E-state index >= 15 is 0 Å². The van der Waals surface area contributed by atoms with Crippen LogP contribution in [-0.2, 0) is 11.0 Å². The minimum absolute atomic E-state index is 0.259. The number of rotatable bonds is 13. The number of allylic oxidation sites excluding steroid dienone is 1. The fraction of sp³-hybridized carbons (Fsp3) is 0.724. The highest BCUT2D eigenvalue weighted by atomic mass is 31.2. The van der Waals surface area contributed by atoms with Gasteiger partial charge in [-0.25, -0.2) is 0 Å². The average Bonchev–Trinajstić information content (AvgIpc) is 2.74. The van der Waals surface area contributed by atoms with Crippen LogP contribution in [0.1, 0.15) is 102 Å². The fourth-order valence-corrected chi connectivity index (χ4v) is 5.82. The Kier molecular flexibility index (Phi) is 10.9. The summed E-state index contributed by atoms with van der Waals surface area (Å²) in [6.07, 6.45) is 11.9. The van der Waals surface area contributed by atoms with E-state index < -0.39 is 13.7 Å². The Balaban J connectivity index is 2.17. The Morgan fingerprint density at radius 2 is 1.77 bits per heavy atom. The number of benzene rings is 1. The number of fused-ring (bicyclic) bond motifs is 1. The minimum Gasteiger partial charge on any atom is -0.489 e. The maximum absolute atomic E-state index is 11.6. The first-order chi connectivity index (χ1) is 16.3. The normalized spacial score (nSPS) is 20.1. The molecule has 6 heteroatoms. The van der Waals surface area contributed by atoms with Gasteiger partial charge >= 0.3 is 7.60 Å². The van der Waals surface area contributed by atoms with Gasteiger partial charge in [-0.1, -0.05) is 59.5 Å². The molecule has 1 aromatic rings. The van der Waals surface area contributed by atoms with Crippen molar-refractivity contribution in [1.29, 1.82) is 0 Å². The van der Waals surface area contributed by atoms with Gasteiger partial charge in [-0.05, 0) is 88.0 Å². The Morgan fingerprint density at radius 3 is 2.37 bits per heavy atom. The first-order valence-corrected chi connectivity index (χ1v) is 15.3. The van der Waals surface area contributed by atoms with Gasteiger partial charge in [-0.15, -0.1) is 0 Å². The topological polar surface area (TPSA) is 76.0 Å². The molecular weight excluding hydrogens is 459 g/mol. The van der Waals surface area contributed by atoms with E-state index in [1.165, 1.54) is 19.3 Å². The van der Waals surface area contributed by atoms with Crippen molar-refractivity contribution in [2.45, 2.75) is 118 Å². The van der Waals surface area contributed by atoms with Gasteiger partial charge in [0.15, 0.2) is 0 Å². The summed E-state index contributed by atoms with van der Waals surface area (Å²) >= 11 is 0. The van der Waals surface area contributed by atoms with Gasteiger partial charge in [0.2, 0.25) is 0 Å². The van der Waals surface area contributed by atoms with Gasteiger partial charge in [0.05, 0.1) is 6.16 Å². The third-order valence-corrected chi connectivity index (χ3v) is 8.22. The van der Waals surface area contributed by atoms with E-state index in [1.807, 2.05) is 20.8 Å². The van der Waals surface area contributed by atoms with Crippen LogP contribution in [0.25, 0.3) is 0 Å². The smallest absolute Gasteiger partial charge is 0.329 e. The molecule has 3 unspecified atom stereocenters. The molecular formula is C29H49O5P. The van der Waals surface area contributed by atoms with Crippen molar-refractivity contribution in [1.82, 2.24) is 0 Å². The molecule has 0 aliphatic carbocycles. The Morgan fingerprint density at radius 1 is 1.09 bits per heavy atom. The van der Waals surface area contributed by atoms with Crippen LogP contribution in [-0.4, -0.2) is 27.7 Å². The molecule has 35 heavy (non-hydrogen) atoms. The third-order valence-electron chi connectivity index (χ3n) is 7.34. The predicted octanol–water partition coefficient (Wildman–Crippen LogP) is 7.83. The van der Waals surface area contributed by atoms with Crippen molar-refractivity contribution >= 4 is 7.60 Å². The lowest BCUT2D eigenvalue weighted by Gasteiger charge is -2.37. The maximum Gasteiger partial charge on any atom is 0.329 e. The van der Waals surface area contributed by atoms with Crippen LogP contribution in [0.3, 0.4) is 0 Å². The van der Waals surface area contributed by atoms with Crippen molar-refractivity contribution in [2.24, 2.45) is 11.8 Å². The molecule has 1 heterocycles. The molecule has 1 aliphatic heterocycles. The number of hydrogen-bond donors (Lipinski definition) is 2. The molecule has 0 amide bonds. The second-order valence-corrected chi connectivity index (χ2v) is 13.1. The van der Waals surface area contributed by atoms with E-state index in [-0.39, 0.29) is 11.8 Å². The van der Waals surface area contributed by atoms with Gasteiger partial charge in [-0.3, -0.25) is 4.57 Å². The predicted molar refractivity (Wildman–Crippen MR) is 146 cm³/mol. The average molecular weight is 509 g/mol. The molecule has 0 radical (unpaired) electrons. The van der Waals surface area contributed by atoms with Crippen LogP contribution in [0.2, 0.25) is 0 Å². The van der Waals surface area contributed by atoms with E-state index in [1.54, 1.807) is 0 Å². The first-order valence-electron chi connectivity index (χ1n) is 13.5. The summed E-state index contributed by atoms with van der Waals surface area (Å²) in [6.45, 7) is 17.2. The highest BCUT2D eigenvalue weighted by molar-refractivity contribution is 7.51. The molecule has 5 nitrogen and oxygen atoms in total. The lowest BCUT2D eigenvalue weighted by Crippen LogP contribution is -2.35. The van der Waals surface area contributed by atoms with Crippen molar-refractivity contribution < 1.29 is 23.8 Å². The minimum atomic E-state index is -4.16. The van der Waals surface area contributed by atoms with E-state index in [0.717, 1.165) is 65.4 Å². The molecule has 0 saturated heterocycles. The summed E-state index contributed by atoms with van der Waals surface area (Å²) in [5, 5.41) is 0. The largest absolute Gasteiger partial charge is 0.489 e. The number of ether oxygens (including phenoxy) is 2. The summed E-state index contributed by atoms with van der Waals surface area (Å²) in [5.41, 5.74) is 3.89. The molecule has 0 spiro atoms. The van der Waals surface area contributed by atoms with Gasteiger partial charge < -0.3 is 19.3 Å². The number of hydrogen-bond acceptors (Lipinski definition) is 3. The quantitative estimate of drug-likeness (QED) is 0.210. The lowest BCUT2D eigenvalue weighted by atomic mass is 9.86. The maximum atomic E-state index is 11.6. The second-order valence-electron chi connectivity index (χ2n) is 11.4. The lowest BCUT2D eigenvalue weighted by molar-refractivity contribution is 0.111. The summed E-state index contributed by atoms with van der Waals surface area (Å²) in [4.78, 5) is 19.0. The highest BCUT2D eigenvalue weighted by Gasteiger charge is 2.33. The van der Waals surface area contributed by atoms with Gasteiger partial charge in [0.1, 0.15) is 23.2 Å². The van der Waals surface area contributed by atoms with Crippen LogP contribution < -0.4 is 9.47 Å². The molecule has 0 aromatic heterocycles. The zero-order chi connectivity index (χ0) is 26.4. The second kappa shape index (κ2) is 12.8. The van der Waals surface area contributed by atoms with E-state index in [9.17, 15) is 14.4 Å². The van der Waals surface area contributed by atoms with E-state index in [4.69, 9.17) is 9.47 Å². The zero-order valence-corrected chi connectivity index (χ0v) is 24.2. The monoisotopic (exact) mass is 508 g/mol. The molecule has 1 aromatic carbocycles. The standard InChI is InChI=1S/C29H49O5P/c1-9-12-25(19-35(30,31)32)33-27-22(5)23(6)28-26(24(27)7)16-18-29(8,34-28)17-11-15-21(4)14-10-13-20(2)3/h11,17,20-21,25H,9-10,12-16,18-19H2,1-8H3,(H2,30,31,32)/b17-11+. The molecule has 1 aliphatic rings. The molecule has 3 atom stereocenters. The van der Waals surface area contributed by atoms with Gasteiger partial charge in [0, 0.05) is 5.56 Å². The molecule has 0 saturated carbocycles. The summed E-state index contributed by atoms with van der Waals surface area (Å²) < 4.78 is 24.5. The fourth-order valence-electron chi connectivity index (χ4n) is 5.03. The zero-order valence-electron chi connectivity index (χ0n) is 23.3. The van der Waals surface area contributed by atoms with Crippen molar-refractivity contribution in [3.63, 3.8) is 0 Å². The SMILES string of the molecule is CCCC(CP(=O)(O)O)Oc1c(C)c(C)c2c(c1C)CCC(C)(/C=C/CC(C)CCCC(C)C)O2. The Bertz CT molecular complexity index is 916. The van der Waals surface area contributed by atoms with Crippen molar-refractivity contribution in [2.75, 3.05) is 6.16 Å². The molecule has 0 bridgehead atoms. The van der Waals surface area contributed by atoms with Crippen LogP contribution in [0, 0.1) is 32.6 Å². The molecule has 0 fully saturated rings. The van der Waals surface area contributed by atoms with E-state index in [0.29, 0.717) is 12.3 Å². The van der Waals surface area contributed by atoms with Crippen LogP contribution in [0.4, 0.5) is 0 Å². The Hall–Kier alpha value is -1.29. The van der Waals surface area contributed by atoms with Crippen molar-refractivity contribution in [3.05, 3.63) is 34.4 Å². The molecule has 2 rings (SSSR count). The first kappa shape index (κ1) is 29.9. The molecule has 2 N–H and O–H groups in total. The van der Waals surface area contributed by atoms with E-state index in [2.05, 4.69) is 46.8 Å². The van der Waals surface area contributed by atoms with Gasteiger partial charge in [0.25, 0.3) is 0 Å². The Labute approximate surface area is 213 Å². The highest BCUT2D eigenvalue weighted by Crippen LogP contribution is 2.45. The van der Waals surface area contributed by atoms with Crippen LogP contribution >= 0.6 is 7.60 Å². The third kappa shape index (κ3) is 8.95. The van der Waals surface area contributed by atoms with Gasteiger partial charge in [-0.2, -0.15) is 0 Å². The summed E-state index contributed by atoms with van der Waals surface area (Å²) in [6, 6.07) is 0. The van der Waals surface area contributed by atoms with Crippen LogP contribution in [0.15, 0.2) is 12.2 Å². The van der Waals surface area contributed by atoms with Crippen molar-refractivity contribution in [3.8, 4) is 11.5 Å². The van der Waals surface area contributed by atoms with Crippen LogP contribution in [0.5, 0.6) is 11.5 Å².